The molecule has 0 saturated heterocycles. The predicted molar refractivity (Wildman–Crippen MR) is 153 cm³/mol. The van der Waals surface area contributed by atoms with Crippen LogP contribution in [0.2, 0.25) is 0 Å². The van der Waals surface area contributed by atoms with Crippen LogP contribution in [0.1, 0.15) is 81.2 Å². The number of furan rings is 1. The van der Waals surface area contributed by atoms with Gasteiger partial charge in [-0.3, -0.25) is 15.0 Å². The van der Waals surface area contributed by atoms with Crippen molar-refractivity contribution in [3.05, 3.63) is 63.4 Å². The molecule has 236 valence electrons. The maximum absolute atomic E-state index is 13.7. The van der Waals surface area contributed by atoms with Crippen molar-refractivity contribution >= 4 is 40.4 Å². The first-order valence-electron chi connectivity index (χ1n) is 13.3. The number of fused-ring (bicyclic) bond motifs is 2. The van der Waals surface area contributed by atoms with Gasteiger partial charge < -0.3 is 29.6 Å². The smallest absolute Gasteiger partial charge is 0.490 e. The van der Waals surface area contributed by atoms with Gasteiger partial charge in [-0.1, -0.05) is 20.8 Å². The van der Waals surface area contributed by atoms with Crippen molar-refractivity contribution in [2.24, 2.45) is 0 Å². The summed E-state index contributed by atoms with van der Waals surface area (Å²) in [6.07, 6.45) is -5.08. The predicted octanol–water partition coefficient (Wildman–Crippen LogP) is 5.15. The second-order valence-corrected chi connectivity index (χ2v) is 10.9. The van der Waals surface area contributed by atoms with Crippen LogP contribution in [0.25, 0.3) is 11.0 Å². The third-order valence-corrected chi connectivity index (χ3v) is 6.78. The fourth-order valence-electron chi connectivity index (χ4n) is 4.99. The number of rotatable bonds is 7. The molecule has 0 bridgehead atoms. The lowest BCUT2D eigenvalue weighted by Crippen LogP contribution is -2.31. The van der Waals surface area contributed by atoms with Crippen molar-refractivity contribution in [1.29, 1.82) is 5.41 Å². The largest absolute Gasteiger partial charge is 0.493 e. The average molecular weight is 620 g/mol. The number of carboxylic acids is 2. The van der Waals surface area contributed by atoms with Gasteiger partial charge in [0.25, 0.3) is 5.91 Å². The Kier molecular flexibility index (Phi) is 9.46. The summed E-state index contributed by atoms with van der Waals surface area (Å²) in [4.78, 5) is 48.7. The number of amidine groups is 1. The van der Waals surface area contributed by atoms with E-state index in [0.717, 1.165) is 5.56 Å². The first kappa shape index (κ1) is 33.6. The van der Waals surface area contributed by atoms with Crippen LogP contribution in [0.3, 0.4) is 0 Å². The monoisotopic (exact) mass is 619 g/mol. The molecule has 2 heterocycles. The van der Waals surface area contributed by atoms with Gasteiger partial charge in [0.1, 0.15) is 28.5 Å². The van der Waals surface area contributed by atoms with Gasteiger partial charge in [0.05, 0.1) is 18.7 Å². The zero-order valence-corrected chi connectivity index (χ0v) is 24.9. The van der Waals surface area contributed by atoms with Crippen LogP contribution in [0.15, 0.2) is 28.7 Å². The van der Waals surface area contributed by atoms with Crippen molar-refractivity contribution in [3.63, 3.8) is 0 Å². The van der Waals surface area contributed by atoms with E-state index in [1.165, 1.54) is 7.05 Å². The molecule has 0 atom stereocenters. The van der Waals surface area contributed by atoms with Gasteiger partial charge in [-0.15, -0.1) is 0 Å². The number of ether oxygens (including phenoxy) is 1. The average Bonchev–Trinajstić information content (AvgIpc) is 3.41. The minimum atomic E-state index is -5.08. The molecule has 0 fully saturated rings. The van der Waals surface area contributed by atoms with Crippen LogP contribution in [-0.2, 0) is 16.8 Å². The first-order valence-corrected chi connectivity index (χ1v) is 13.3. The molecule has 0 spiro atoms. The number of benzene rings is 2. The molecule has 1 aliphatic heterocycles. The number of alkyl halides is 3. The highest BCUT2D eigenvalue weighted by atomic mass is 19.4. The minimum absolute atomic E-state index is 0.0566. The number of ketones is 1. The number of aryl methyl sites for hydroxylation is 1. The molecule has 0 aliphatic carbocycles. The molecular formula is C30H32F3N3O8. The van der Waals surface area contributed by atoms with E-state index in [-0.39, 0.29) is 35.4 Å². The number of hydrogen-bond donors (Lipinski definition) is 4. The quantitative estimate of drug-likeness (QED) is 0.261. The third-order valence-electron chi connectivity index (χ3n) is 6.78. The van der Waals surface area contributed by atoms with E-state index in [1.54, 1.807) is 36.1 Å². The van der Waals surface area contributed by atoms with Gasteiger partial charge >= 0.3 is 18.1 Å². The Labute approximate surface area is 250 Å². The van der Waals surface area contributed by atoms with Crippen molar-refractivity contribution in [1.82, 2.24) is 10.2 Å². The maximum atomic E-state index is 13.7. The van der Waals surface area contributed by atoms with Crippen LogP contribution in [0, 0.1) is 12.3 Å². The van der Waals surface area contributed by atoms with Gasteiger partial charge in [0, 0.05) is 30.1 Å². The lowest BCUT2D eigenvalue weighted by molar-refractivity contribution is -0.192. The molecule has 3 aromatic rings. The Morgan fingerprint density at radius 1 is 1.09 bits per heavy atom. The molecule has 14 heteroatoms. The number of hydrogen-bond acceptors (Lipinski definition) is 7. The number of amides is 1. The summed E-state index contributed by atoms with van der Waals surface area (Å²) in [7, 11) is 1.53. The molecule has 1 aliphatic rings. The number of halogens is 3. The number of Topliss-reactive ketones (excluding diaryl/α,β-unsaturated/α-hetero) is 1. The van der Waals surface area contributed by atoms with Crippen molar-refractivity contribution in [2.45, 2.75) is 52.8 Å². The molecule has 44 heavy (non-hydrogen) atoms. The van der Waals surface area contributed by atoms with Crippen LogP contribution in [0.4, 0.5) is 13.2 Å². The zero-order valence-electron chi connectivity index (χ0n) is 24.9. The Bertz CT molecular complexity index is 1670. The number of aliphatic carboxylic acids is 1. The van der Waals surface area contributed by atoms with E-state index in [0.29, 0.717) is 52.1 Å². The standard InChI is InChI=1S/C28H31N3O6.C2HF3O2/c1-7-36-21-10-15-12-31(25(29)17(15)11-18(21)26(33)30-6)13-19(32)16-8-9-20-23(24(16)28(3,4)5)22(27(34)35)14(2)37-20;3-2(4,5)1(6)7/h8-11,29H,7,12-13H2,1-6H3,(H,30,33)(H,34,35);(H,6,7). The van der Waals surface area contributed by atoms with Crippen LogP contribution < -0.4 is 10.1 Å². The highest BCUT2D eigenvalue weighted by molar-refractivity contribution is 6.12. The Morgan fingerprint density at radius 3 is 2.20 bits per heavy atom. The van der Waals surface area contributed by atoms with Crippen LogP contribution >= 0.6 is 0 Å². The lowest BCUT2D eigenvalue weighted by atomic mass is 9.79. The van der Waals surface area contributed by atoms with Gasteiger partial charge in [0.15, 0.2) is 5.78 Å². The number of aromatic carboxylic acids is 1. The summed E-state index contributed by atoms with van der Waals surface area (Å²) in [5, 5.41) is 28.7. The molecule has 0 unspecified atom stereocenters. The maximum Gasteiger partial charge on any atom is 0.490 e. The topological polar surface area (TPSA) is 170 Å². The van der Waals surface area contributed by atoms with Crippen molar-refractivity contribution < 1.29 is 51.7 Å². The minimum Gasteiger partial charge on any atom is -0.493 e. The van der Waals surface area contributed by atoms with Gasteiger partial charge in [-0.2, -0.15) is 13.2 Å². The van der Waals surface area contributed by atoms with E-state index < -0.39 is 23.5 Å². The summed E-state index contributed by atoms with van der Waals surface area (Å²) >= 11 is 0. The Hall–Kier alpha value is -4.88. The normalized spacial score (nSPS) is 12.8. The summed E-state index contributed by atoms with van der Waals surface area (Å²) in [5.74, 6) is -3.57. The summed E-state index contributed by atoms with van der Waals surface area (Å²) < 4.78 is 43.1. The van der Waals surface area contributed by atoms with E-state index in [9.17, 15) is 32.7 Å². The molecule has 1 aromatic heterocycles. The summed E-state index contributed by atoms with van der Waals surface area (Å²) in [5.41, 5.74) is 2.61. The molecule has 2 aromatic carbocycles. The van der Waals surface area contributed by atoms with Gasteiger partial charge in [-0.05, 0) is 54.7 Å². The lowest BCUT2D eigenvalue weighted by Gasteiger charge is -2.25. The number of carbonyl (C=O) groups is 4. The SMILES string of the molecule is CCOc1cc2c(cc1C(=O)NC)C(=N)N(CC(=O)c1ccc3oc(C)c(C(=O)O)c3c1C(C)(C)C)C2.O=C(O)C(F)(F)F. The van der Waals surface area contributed by atoms with Crippen LogP contribution in [0.5, 0.6) is 5.75 Å². The van der Waals surface area contributed by atoms with Crippen molar-refractivity contribution in [2.75, 3.05) is 20.2 Å². The Balaban J connectivity index is 0.000000676. The molecule has 1 amide bonds. The third kappa shape index (κ3) is 6.68. The fourth-order valence-corrected chi connectivity index (χ4v) is 4.99. The molecule has 4 N–H and O–H groups in total. The number of nitrogens with zero attached hydrogens (tertiary/aromatic N) is 1. The first-order chi connectivity index (χ1) is 20.3. The molecule has 0 saturated carbocycles. The number of nitrogens with one attached hydrogen (secondary N) is 2. The van der Waals surface area contributed by atoms with Crippen molar-refractivity contribution in [3.8, 4) is 5.75 Å². The zero-order chi connectivity index (χ0) is 33.3. The second-order valence-electron chi connectivity index (χ2n) is 10.9. The molecule has 4 rings (SSSR count). The molecule has 11 nitrogen and oxygen atoms in total. The highest BCUT2D eigenvalue weighted by Gasteiger charge is 2.38. The number of carboxylic acid groups (broad SMARTS) is 2. The summed E-state index contributed by atoms with van der Waals surface area (Å²) in [6, 6.07) is 6.68. The van der Waals surface area contributed by atoms with Crippen LogP contribution in [-0.4, -0.2) is 71.0 Å². The molecular weight excluding hydrogens is 587 g/mol. The molecule has 0 radical (unpaired) electrons. The van der Waals surface area contributed by atoms with Gasteiger partial charge in [0.2, 0.25) is 0 Å². The van der Waals surface area contributed by atoms with E-state index in [2.05, 4.69) is 5.32 Å². The Morgan fingerprint density at radius 2 is 1.70 bits per heavy atom. The highest BCUT2D eigenvalue weighted by Crippen LogP contribution is 2.38. The fraction of sp³-hybridized carbons (Fsp3) is 0.367. The van der Waals surface area contributed by atoms with E-state index >= 15 is 0 Å². The van der Waals surface area contributed by atoms with E-state index in [4.69, 9.17) is 24.5 Å². The van der Waals surface area contributed by atoms with Gasteiger partial charge in [-0.25, -0.2) is 9.59 Å². The van der Waals surface area contributed by atoms with E-state index in [1.807, 2.05) is 27.7 Å². The summed E-state index contributed by atoms with van der Waals surface area (Å²) in [6.45, 7) is 9.82. The number of carbonyl (C=O) groups excluding carboxylic acids is 2. The second kappa shape index (κ2) is 12.4.